The molecule has 8 heteroatoms. The highest BCUT2D eigenvalue weighted by Gasteiger charge is 2.16. The van der Waals surface area contributed by atoms with E-state index >= 15 is 0 Å². The number of rotatable bonds is 8. The molecule has 0 fully saturated rings. The van der Waals surface area contributed by atoms with Gasteiger partial charge in [0, 0.05) is 19.2 Å². The lowest BCUT2D eigenvalue weighted by molar-refractivity contribution is -0.119. The van der Waals surface area contributed by atoms with Crippen LogP contribution in [0.5, 0.6) is 0 Å². The minimum absolute atomic E-state index is 0.170. The molecule has 0 aliphatic carbocycles. The monoisotopic (exact) mass is 431 g/mol. The summed E-state index contributed by atoms with van der Waals surface area (Å²) in [6, 6.07) is 18.7. The van der Waals surface area contributed by atoms with Gasteiger partial charge in [-0.3, -0.25) is 9.59 Å². The molecule has 0 saturated heterocycles. The van der Waals surface area contributed by atoms with Crippen molar-refractivity contribution in [2.75, 3.05) is 25.5 Å². The molecule has 0 spiro atoms. The SMILES string of the molecule is CNC(=O)CNC(=O)c1ccc(-c2ccccc2C#N)nc1NCCc1cccc(F)c1. The summed E-state index contributed by atoms with van der Waals surface area (Å²) in [7, 11) is 1.48. The first-order valence-electron chi connectivity index (χ1n) is 9.99. The van der Waals surface area contributed by atoms with Crippen molar-refractivity contribution in [1.29, 1.82) is 5.26 Å². The zero-order valence-electron chi connectivity index (χ0n) is 17.5. The fraction of sp³-hybridized carbons (Fsp3) is 0.167. The van der Waals surface area contributed by atoms with Crippen LogP contribution in [0.3, 0.4) is 0 Å². The van der Waals surface area contributed by atoms with Crippen molar-refractivity contribution in [2.24, 2.45) is 0 Å². The van der Waals surface area contributed by atoms with E-state index in [1.54, 1.807) is 42.5 Å². The molecule has 2 amide bonds. The average Bonchev–Trinajstić information content (AvgIpc) is 2.82. The van der Waals surface area contributed by atoms with Crippen molar-refractivity contribution < 1.29 is 14.0 Å². The van der Waals surface area contributed by atoms with Crippen LogP contribution in [-0.2, 0) is 11.2 Å². The highest BCUT2D eigenvalue weighted by Crippen LogP contribution is 2.25. The third-order valence-corrected chi connectivity index (χ3v) is 4.75. The predicted octanol–water partition coefficient (Wildman–Crippen LogP) is 2.89. The minimum Gasteiger partial charge on any atom is -0.369 e. The molecule has 0 bridgehead atoms. The van der Waals surface area contributed by atoms with Crippen molar-refractivity contribution in [1.82, 2.24) is 15.6 Å². The van der Waals surface area contributed by atoms with E-state index in [0.717, 1.165) is 5.56 Å². The van der Waals surface area contributed by atoms with Crippen LogP contribution in [0, 0.1) is 17.1 Å². The molecule has 0 unspecified atom stereocenters. The van der Waals surface area contributed by atoms with Crippen LogP contribution in [0.4, 0.5) is 10.2 Å². The quantitative estimate of drug-likeness (QED) is 0.508. The van der Waals surface area contributed by atoms with Crippen molar-refractivity contribution in [3.8, 4) is 17.3 Å². The summed E-state index contributed by atoms with van der Waals surface area (Å²) in [5.74, 6) is -0.799. The van der Waals surface area contributed by atoms with Crippen LogP contribution in [0.25, 0.3) is 11.3 Å². The Bertz CT molecular complexity index is 1170. The van der Waals surface area contributed by atoms with E-state index in [4.69, 9.17) is 0 Å². The van der Waals surface area contributed by atoms with Crippen molar-refractivity contribution >= 4 is 17.6 Å². The molecular weight excluding hydrogens is 409 g/mol. The number of nitrogens with one attached hydrogen (secondary N) is 3. The number of carbonyl (C=O) groups excluding carboxylic acids is 2. The van der Waals surface area contributed by atoms with Gasteiger partial charge in [-0.25, -0.2) is 9.37 Å². The molecule has 162 valence electrons. The van der Waals surface area contributed by atoms with E-state index in [9.17, 15) is 19.2 Å². The standard InChI is InChI=1S/C24H22FN5O2/c1-27-22(31)15-29-24(32)20-9-10-21(19-8-3-2-6-17(19)14-26)30-23(20)28-12-11-16-5-4-7-18(25)13-16/h2-10,13H,11-12,15H2,1H3,(H,27,31)(H,28,30)(H,29,32). The molecule has 3 N–H and O–H groups in total. The van der Waals surface area contributed by atoms with Gasteiger partial charge in [-0.05, 0) is 42.3 Å². The number of amides is 2. The van der Waals surface area contributed by atoms with Gasteiger partial charge in [0.2, 0.25) is 5.91 Å². The van der Waals surface area contributed by atoms with Gasteiger partial charge in [0.15, 0.2) is 0 Å². The lowest BCUT2D eigenvalue weighted by Crippen LogP contribution is -2.35. The van der Waals surface area contributed by atoms with Crippen molar-refractivity contribution in [3.05, 3.63) is 83.2 Å². The second kappa shape index (κ2) is 10.7. The molecule has 0 saturated carbocycles. The van der Waals surface area contributed by atoms with Gasteiger partial charge in [0.1, 0.15) is 11.6 Å². The molecule has 0 aliphatic heterocycles. The Morgan fingerprint density at radius 1 is 1.09 bits per heavy atom. The normalized spacial score (nSPS) is 10.2. The predicted molar refractivity (Wildman–Crippen MR) is 119 cm³/mol. The van der Waals surface area contributed by atoms with Gasteiger partial charge < -0.3 is 16.0 Å². The smallest absolute Gasteiger partial charge is 0.255 e. The lowest BCUT2D eigenvalue weighted by Gasteiger charge is -2.14. The Kier molecular flexibility index (Phi) is 7.49. The summed E-state index contributed by atoms with van der Waals surface area (Å²) in [4.78, 5) is 28.7. The highest BCUT2D eigenvalue weighted by atomic mass is 19.1. The van der Waals surface area contributed by atoms with Gasteiger partial charge in [-0.2, -0.15) is 5.26 Å². The molecular formula is C24H22FN5O2. The number of benzene rings is 2. The van der Waals surface area contributed by atoms with E-state index in [2.05, 4.69) is 27.0 Å². The maximum absolute atomic E-state index is 13.4. The molecule has 32 heavy (non-hydrogen) atoms. The highest BCUT2D eigenvalue weighted by molar-refractivity contribution is 6.00. The first-order valence-corrected chi connectivity index (χ1v) is 9.99. The zero-order valence-corrected chi connectivity index (χ0v) is 17.5. The number of halogens is 1. The number of hydrogen-bond donors (Lipinski definition) is 3. The minimum atomic E-state index is -0.463. The number of nitriles is 1. The van der Waals surface area contributed by atoms with Gasteiger partial charge >= 0.3 is 0 Å². The van der Waals surface area contributed by atoms with Crippen molar-refractivity contribution in [2.45, 2.75) is 6.42 Å². The number of nitrogens with zero attached hydrogens (tertiary/aromatic N) is 2. The third kappa shape index (κ3) is 5.67. The van der Waals surface area contributed by atoms with Crippen LogP contribution in [-0.4, -0.2) is 36.9 Å². The molecule has 7 nitrogen and oxygen atoms in total. The number of hydrogen-bond acceptors (Lipinski definition) is 5. The molecule has 0 radical (unpaired) electrons. The van der Waals surface area contributed by atoms with Crippen molar-refractivity contribution in [3.63, 3.8) is 0 Å². The maximum atomic E-state index is 13.4. The number of pyridine rings is 1. The van der Waals surface area contributed by atoms with Gasteiger partial charge in [0.05, 0.1) is 29.4 Å². The number of carbonyl (C=O) groups is 2. The summed E-state index contributed by atoms with van der Waals surface area (Å²) >= 11 is 0. The molecule has 2 aromatic carbocycles. The first kappa shape index (κ1) is 22.4. The van der Waals surface area contributed by atoms with Crippen LogP contribution < -0.4 is 16.0 Å². The third-order valence-electron chi connectivity index (χ3n) is 4.75. The molecule has 1 heterocycles. The number of anilines is 1. The van der Waals surface area contributed by atoms with Gasteiger partial charge in [0.25, 0.3) is 5.91 Å². The second-order valence-electron chi connectivity index (χ2n) is 6.91. The number of aromatic nitrogens is 1. The Morgan fingerprint density at radius 3 is 2.66 bits per heavy atom. The van der Waals surface area contributed by atoms with Crippen LogP contribution >= 0.6 is 0 Å². The Hall–Kier alpha value is -4.25. The second-order valence-corrected chi connectivity index (χ2v) is 6.91. The fourth-order valence-electron chi connectivity index (χ4n) is 3.09. The van der Waals surface area contributed by atoms with E-state index < -0.39 is 5.91 Å². The van der Waals surface area contributed by atoms with Crippen LogP contribution in [0.2, 0.25) is 0 Å². The Balaban J connectivity index is 1.87. The summed E-state index contributed by atoms with van der Waals surface area (Å²) in [5.41, 5.74) is 2.68. The van der Waals surface area contributed by atoms with Gasteiger partial charge in [-0.15, -0.1) is 0 Å². The maximum Gasteiger partial charge on any atom is 0.255 e. The summed E-state index contributed by atoms with van der Waals surface area (Å²) in [6.07, 6.45) is 0.512. The van der Waals surface area contributed by atoms with E-state index in [1.165, 1.54) is 19.2 Å². The average molecular weight is 431 g/mol. The van der Waals surface area contributed by atoms with Crippen LogP contribution in [0.15, 0.2) is 60.7 Å². The fourth-order valence-corrected chi connectivity index (χ4v) is 3.09. The largest absolute Gasteiger partial charge is 0.369 e. The first-order chi connectivity index (χ1) is 15.5. The summed E-state index contributed by atoms with van der Waals surface area (Å²) in [6.45, 7) is 0.229. The topological polar surface area (TPSA) is 107 Å². The molecule has 3 aromatic rings. The summed E-state index contributed by atoms with van der Waals surface area (Å²) in [5, 5.41) is 17.5. The zero-order chi connectivity index (χ0) is 22.9. The van der Waals surface area contributed by atoms with E-state index in [-0.39, 0.29) is 23.8 Å². The molecule has 3 rings (SSSR count). The lowest BCUT2D eigenvalue weighted by atomic mass is 10.0. The van der Waals surface area contributed by atoms with E-state index in [0.29, 0.717) is 35.6 Å². The van der Waals surface area contributed by atoms with Crippen LogP contribution in [0.1, 0.15) is 21.5 Å². The van der Waals surface area contributed by atoms with Gasteiger partial charge in [-0.1, -0.05) is 30.3 Å². The summed E-state index contributed by atoms with van der Waals surface area (Å²) < 4.78 is 13.4. The Labute approximate surface area is 185 Å². The number of likely N-dealkylation sites (N-methyl/N-ethyl adjacent to an activating group) is 1. The van der Waals surface area contributed by atoms with E-state index in [1.807, 2.05) is 6.07 Å². The Morgan fingerprint density at radius 2 is 1.91 bits per heavy atom. The molecule has 0 atom stereocenters. The molecule has 0 aliphatic rings. The molecule has 1 aromatic heterocycles.